The number of carbonyl (C=O) groups is 2. The second-order valence-electron chi connectivity index (χ2n) is 9.17. The van der Waals surface area contributed by atoms with Gasteiger partial charge in [-0.2, -0.15) is 0 Å². The van der Waals surface area contributed by atoms with Crippen LogP contribution in [0.1, 0.15) is 49.5 Å². The van der Waals surface area contributed by atoms with E-state index < -0.39 is 10.0 Å². The summed E-state index contributed by atoms with van der Waals surface area (Å²) in [5.41, 5.74) is 1.66. The van der Waals surface area contributed by atoms with Gasteiger partial charge in [-0.25, -0.2) is 8.42 Å². The summed E-state index contributed by atoms with van der Waals surface area (Å²) in [4.78, 5) is 26.8. The van der Waals surface area contributed by atoms with Crippen molar-refractivity contribution in [3.63, 3.8) is 0 Å². The lowest BCUT2D eigenvalue weighted by Crippen LogP contribution is -2.44. The number of nitrogens with zero attached hydrogens (tertiary/aromatic N) is 1. The van der Waals surface area contributed by atoms with E-state index in [2.05, 4.69) is 30.8 Å². The summed E-state index contributed by atoms with van der Waals surface area (Å²) in [6.07, 6.45) is 1.50. The number of carbonyl (C=O) groups excluding carboxylic acids is 2. The van der Waals surface area contributed by atoms with Gasteiger partial charge in [-0.1, -0.05) is 39.0 Å². The topological polar surface area (TPSA) is 95.6 Å². The molecule has 2 N–H and O–H groups in total. The van der Waals surface area contributed by atoms with E-state index in [9.17, 15) is 18.0 Å². The number of piperidine rings is 1. The highest BCUT2D eigenvalue weighted by atomic mass is 32.2. The molecule has 0 saturated carbocycles. The molecule has 172 valence electrons. The van der Waals surface area contributed by atoms with Gasteiger partial charge >= 0.3 is 0 Å². The van der Waals surface area contributed by atoms with Crippen LogP contribution in [0.3, 0.4) is 0 Å². The van der Waals surface area contributed by atoms with E-state index in [4.69, 9.17) is 0 Å². The SMILES string of the molecule is CNC(=O)C1CCCN(C(=O)c2cccc(NS(=O)(=O)c3ccc(C(C)(C)C)cc3)c2)C1. The Morgan fingerprint density at radius 2 is 1.75 bits per heavy atom. The maximum Gasteiger partial charge on any atom is 0.261 e. The van der Waals surface area contributed by atoms with Crippen molar-refractivity contribution in [2.75, 3.05) is 24.9 Å². The van der Waals surface area contributed by atoms with Gasteiger partial charge in [0.25, 0.3) is 15.9 Å². The van der Waals surface area contributed by atoms with Crippen molar-refractivity contribution in [3.8, 4) is 0 Å². The van der Waals surface area contributed by atoms with Crippen molar-refractivity contribution in [2.24, 2.45) is 5.92 Å². The molecule has 0 bridgehead atoms. The minimum Gasteiger partial charge on any atom is -0.359 e. The molecule has 1 aliphatic heterocycles. The molecule has 2 aromatic carbocycles. The number of rotatable bonds is 5. The van der Waals surface area contributed by atoms with Gasteiger partial charge in [-0.15, -0.1) is 0 Å². The van der Waals surface area contributed by atoms with E-state index in [-0.39, 0.29) is 28.0 Å². The molecule has 7 nitrogen and oxygen atoms in total. The second kappa shape index (κ2) is 9.32. The highest BCUT2D eigenvalue weighted by Gasteiger charge is 2.28. The Balaban J connectivity index is 1.75. The number of anilines is 1. The standard InChI is InChI=1S/C24H31N3O4S/c1-24(2,3)19-10-12-21(13-11-19)32(30,31)26-20-9-5-7-17(15-20)23(29)27-14-6-8-18(16-27)22(28)25-4/h5,7,9-13,15,18,26H,6,8,14,16H2,1-4H3,(H,25,28). The summed E-state index contributed by atoms with van der Waals surface area (Å²) >= 11 is 0. The molecule has 2 aromatic rings. The van der Waals surface area contributed by atoms with Crippen molar-refractivity contribution < 1.29 is 18.0 Å². The smallest absolute Gasteiger partial charge is 0.261 e. The zero-order valence-electron chi connectivity index (χ0n) is 19.0. The van der Waals surface area contributed by atoms with Crippen LogP contribution in [0.5, 0.6) is 0 Å². The lowest BCUT2D eigenvalue weighted by atomic mass is 9.87. The molecule has 0 aliphatic carbocycles. The fourth-order valence-corrected chi connectivity index (χ4v) is 4.88. The molecule has 0 spiro atoms. The summed E-state index contributed by atoms with van der Waals surface area (Å²) in [6.45, 7) is 7.13. The number of hydrogen-bond donors (Lipinski definition) is 2. The molecule has 0 aromatic heterocycles. The Bertz CT molecular complexity index is 1090. The van der Waals surface area contributed by atoms with E-state index in [0.717, 1.165) is 18.4 Å². The van der Waals surface area contributed by atoms with Crippen LogP contribution >= 0.6 is 0 Å². The maximum atomic E-state index is 13.0. The number of benzene rings is 2. The largest absolute Gasteiger partial charge is 0.359 e. The highest BCUT2D eigenvalue weighted by Crippen LogP contribution is 2.25. The van der Waals surface area contributed by atoms with Gasteiger partial charge in [-0.05, 0) is 54.2 Å². The summed E-state index contributed by atoms with van der Waals surface area (Å²) in [5, 5.41) is 2.64. The minimum absolute atomic E-state index is 0.0681. The molecule has 2 amide bonds. The Kier molecular flexibility index (Phi) is 6.93. The zero-order valence-corrected chi connectivity index (χ0v) is 19.8. The molecular weight excluding hydrogens is 426 g/mol. The number of hydrogen-bond acceptors (Lipinski definition) is 4. The summed E-state index contributed by atoms with van der Waals surface area (Å²) in [6, 6.07) is 13.3. The molecule has 1 atom stereocenters. The predicted molar refractivity (Wildman–Crippen MR) is 125 cm³/mol. The first kappa shape index (κ1) is 23.8. The second-order valence-corrected chi connectivity index (χ2v) is 10.8. The lowest BCUT2D eigenvalue weighted by molar-refractivity contribution is -0.125. The third-order valence-corrected chi connectivity index (χ3v) is 7.12. The van der Waals surface area contributed by atoms with Crippen molar-refractivity contribution in [2.45, 2.75) is 43.9 Å². The highest BCUT2D eigenvalue weighted by molar-refractivity contribution is 7.92. The van der Waals surface area contributed by atoms with E-state index in [1.165, 1.54) is 6.07 Å². The first-order valence-electron chi connectivity index (χ1n) is 10.8. The van der Waals surface area contributed by atoms with E-state index >= 15 is 0 Å². The van der Waals surface area contributed by atoms with Crippen LogP contribution in [0.2, 0.25) is 0 Å². The zero-order chi connectivity index (χ0) is 23.5. The van der Waals surface area contributed by atoms with Gasteiger partial charge in [0.1, 0.15) is 0 Å². The van der Waals surface area contributed by atoms with Crippen LogP contribution in [0.4, 0.5) is 5.69 Å². The number of likely N-dealkylation sites (tertiary alicyclic amines) is 1. The Morgan fingerprint density at radius 3 is 2.38 bits per heavy atom. The van der Waals surface area contributed by atoms with Crippen molar-refractivity contribution in [3.05, 3.63) is 59.7 Å². The van der Waals surface area contributed by atoms with E-state index in [1.807, 2.05) is 12.1 Å². The van der Waals surface area contributed by atoms with Crippen molar-refractivity contribution >= 4 is 27.5 Å². The Hall–Kier alpha value is -2.87. The van der Waals surface area contributed by atoms with Crippen LogP contribution in [-0.4, -0.2) is 45.3 Å². The maximum absolute atomic E-state index is 13.0. The summed E-state index contributed by atoms with van der Waals surface area (Å²) in [5.74, 6) is -0.508. The fourth-order valence-electron chi connectivity index (χ4n) is 3.83. The normalized spacial score (nSPS) is 17.0. The van der Waals surface area contributed by atoms with Crippen LogP contribution < -0.4 is 10.0 Å². The van der Waals surface area contributed by atoms with Crippen LogP contribution in [0.15, 0.2) is 53.4 Å². The minimum atomic E-state index is -3.79. The summed E-state index contributed by atoms with van der Waals surface area (Å²) < 4.78 is 28.3. The van der Waals surface area contributed by atoms with Crippen LogP contribution in [-0.2, 0) is 20.2 Å². The third-order valence-electron chi connectivity index (χ3n) is 5.72. The molecule has 1 unspecified atom stereocenters. The third kappa shape index (κ3) is 5.48. The van der Waals surface area contributed by atoms with Gasteiger partial charge in [-0.3, -0.25) is 14.3 Å². The molecule has 8 heteroatoms. The average Bonchev–Trinajstić information content (AvgIpc) is 2.77. The quantitative estimate of drug-likeness (QED) is 0.719. The lowest BCUT2D eigenvalue weighted by Gasteiger charge is -2.32. The van der Waals surface area contributed by atoms with Crippen LogP contribution in [0.25, 0.3) is 0 Å². The van der Waals surface area contributed by atoms with Crippen molar-refractivity contribution in [1.82, 2.24) is 10.2 Å². The molecule has 32 heavy (non-hydrogen) atoms. The van der Waals surface area contributed by atoms with Gasteiger partial charge in [0.2, 0.25) is 5.91 Å². The molecule has 0 radical (unpaired) electrons. The summed E-state index contributed by atoms with van der Waals surface area (Å²) in [7, 11) is -2.20. The molecule has 1 heterocycles. The van der Waals surface area contributed by atoms with Gasteiger partial charge in [0.15, 0.2) is 0 Å². The predicted octanol–water partition coefficient (Wildman–Crippen LogP) is 3.38. The molecule has 1 fully saturated rings. The van der Waals surface area contributed by atoms with E-state index in [0.29, 0.717) is 24.3 Å². The molecule has 1 saturated heterocycles. The molecule has 1 aliphatic rings. The average molecular weight is 458 g/mol. The van der Waals surface area contributed by atoms with Gasteiger partial charge in [0.05, 0.1) is 10.8 Å². The fraction of sp³-hybridized carbons (Fsp3) is 0.417. The van der Waals surface area contributed by atoms with Gasteiger partial charge < -0.3 is 10.2 Å². The first-order chi connectivity index (χ1) is 15.0. The number of nitrogens with one attached hydrogen (secondary N) is 2. The van der Waals surface area contributed by atoms with E-state index in [1.54, 1.807) is 42.3 Å². The van der Waals surface area contributed by atoms with Crippen LogP contribution in [0, 0.1) is 5.92 Å². The Labute approximate surface area is 190 Å². The first-order valence-corrected chi connectivity index (χ1v) is 12.2. The monoisotopic (exact) mass is 457 g/mol. The molecule has 3 rings (SSSR count). The molecular formula is C24H31N3O4S. The number of sulfonamides is 1. The number of amides is 2. The Morgan fingerprint density at radius 1 is 1.06 bits per heavy atom. The van der Waals surface area contributed by atoms with Gasteiger partial charge in [0, 0.05) is 31.4 Å². The van der Waals surface area contributed by atoms with Crippen molar-refractivity contribution in [1.29, 1.82) is 0 Å².